The van der Waals surface area contributed by atoms with Gasteiger partial charge < -0.3 is 19.2 Å². The van der Waals surface area contributed by atoms with E-state index in [9.17, 15) is 4.79 Å². The van der Waals surface area contributed by atoms with Crippen LogP contribution in [0.3, 0.4) is 0 Å². The average molecular weight is 317 g/mol. The molecule has 0 spiro atoms. The molecule has 0 unspecified atom stereocenters. The minimum absolute atomic E-state index is 0.104. The number of carbonyl (C=O) groups excluding carboxylic acids is 1. The summed E-state index contributed by atoms with van der Waals surface area (Å²) in [7, 11) is 1.63. The Hall–Kier alpha value is -2.27. The summed E-state index contributed by atoms with van der Waals surface area (Å²) in [6, 6.07) is 10.5. The molecule has 1 amide bonds. The van der Waals surface area contributed by atoms with E-state index < -0.39 is 0 Å². The quantitative estimate of drug-likeness (QED) is 0.808. The van der Waals surface area contributed by atoms with Gasteiger partial charge in [0.15, 0.2) is 0 Å². The number of methoxy groups -OCH3 is 1. The van der Waals surface area contributed by atoms with Gasteiger partial charge in [0.05, 0.1) is 18.4 Å². The topological polar surface area (TPSA) is 60.7 Å². The van der Waals surface area contributed by atoms with Gasteiger partial charge in [0.2, 0.25) is 0 Å². The van der Waals surface area contributed by atoms with Crippen molar-refractivity contribution in [2.75, 3.05) is 13.7 Å². The molecule has 0 saturated heterocycles. The Kier molecular flexibility index (Phi) is 6.23. The summed E-state index contributed by atoms with van der Waals surface area (Å²) >= 11 is 0. The van der Waals surface area contributed by atoms with Crippen molar-refractivity contribution in [1.29, 1.82) is 0 Å². The van der Waals surface area contributed by atoms with Gasteiger partial charge in [0.1, 0.15) is 11.5 Å². The fourth-order valence-corrected chi connectivity index (χ4v) is 2.21. The smallest absolute Gasteiger partial charge is 0.251 e. The highest BCUT2D eigenvalue weighted by molar-refractivity contribution is 5.94. The fourth-order valence-electron chi connectivity index (χ4n) is 2.21. The van der Waals surface area contributed by atoms with Gasteiger partial charge in [-0.2, -0.15) is 0 Å². The molecule has 0 aliphatic rings. The van der Waals surface area contributed by atoms with Gasteiger partial charge in [-0.15, -0.1) is 0 Å². The lowest BCUT2D eigenvalue weighted by Gasteiger charge is -2.16. The Bertz CT molecular complexity index is 590. The molecule has 5 nitrogen and oxygen atoms in total. The van der Waals surface area contributed by atoms with Gasteiger partial charge in [-0.1, -0.05) is 0 Å². The predicted molar refractivity (Wildman–Crippen MR) is 87.6 cm³/mol. The second-order valence-corrected chi connectivity index (χ2v) is 5.51. The molecule has 2 aromatic rings. The summed E-state index contributed by atoms with van der Waals surface area (Å²) < 4.78 is 16.1. The lowest BCUT2D eigenvalue weighted by molar-refractivity contribution is 0.0917. The molecule has 0 bridgehead atoms. The predicted octanol–water partition coefficient (Wildman–Crippen LogP) is 3.57. The Labute approximate surface area is 136 Å². The molecular weight excluding hydrogens is 294 g/mol. The van der Waals surface area contributed by atoms with E-state index in [0.717, 1.165) is 11.5 Å². The standard InChI is InChI=1S/C18H23NO4/c1-13(2)23-15-8-6-14(7-9-15)18(20)19-16(10-12-21-3)17-5-4-11-22-17/h4-9,11,13,16H,10,12H2,1-3H3,(H,19,20)/t16-/m0/s1. The third kappa shape index (κ3) is 5.14. The number of rotatable bonds is 8. The van der Waals surface area contributed by atoms with Crippen LogP contribution in [0.25, 0.3) is 0 Å². The van der Waals surface area contributed by atoms with E-state index in [4.69, 9.17) is 13.9 Å². The van der Waals surface area contributed by atoms with Gasteiger partial charge in [-0.25, -0.2) is 0 Å². The average Bonchev–Trinajstić information content (AvgIpc) is 3.05. The van der Waals surface area contributed by atoms with Crippen molar-refractivity contribution in [2.24, 2.45) is 0 Å². The molecule has 0 aliphatic heterocycles. The first kappa shape index (κ1) is 17.1. The molecule has 0 radical (unpaired) electrons. The molecular formula is C18H23NO4. The number of ether oxygens (including phenoxy) is 2. The van der Waals surface area contributed by atoms with Crippen molar-refractivity contribution in [2.45, 2.75) is 32.4 Å². The molecule has 1 aromatic carbocycles. The van der Waals surface area contributed by atoms with Gasteiger partial charge in [0.25, 0.3) is 5.91 Å². The second kappa shape index (κ2) is 8.39. The van der Waals surface area contributed by atoms with Crippen LogP contribution in [0.2, 0.25) is 0 Å². The number of furan rings is 1. The molecule has 0 fully saturated rings. The van der Waals surface area contributed by atoms with E-state index in [1.54, 1.807) is 43.7 Å². The summed E-state index contributed by atoms with van der Waals surface area (Å²) in [6.45, 7) is 4.46. The zero-order valence-corrected chi connectivity index (χ0v) is 13.7. The molecule has 1 N–H and O–H groups in total. The molecule has 0 saturated carbocycles. The molecule has 5 heteroatoms. The van der Waals surface area contributed by atoms with E-state index in [1.165, 1.54) is 0 Å². The molecule has 1 heterocycles. The maximum atomic E-state index is 12.4. The van der Waals surface area contributed by atoms with Crippen LogP contribution in [-0.4, -0.2) is 25.7 Å². The maximum absolute atomic E-state index is 12.4. The Balaban J connectivity index is 2.03. The van der Waals surface area contributed by atoms with Crippen LogP contribution < -0.4 is 10.1 Å². The number of amides is 1. The van der Waals surface area contributed by atoms with E-state index in [-0.39, 0.29) is 18.1 Å². The summed E-state index contributed by atoms with van der Waals surface area (Å²) in [6.07, 6.45) is 2.34. The van der Waals surface area contributed by atoms with Crippen LogP contribution in [0.1, 0.15) is 42.4 Å². The second-order valence-electron chi connectivity index (χ2n) is 5.51. The van der Waals surface area contributed by atoms with Crippen LogP contribution in [0.5, 0.6) is 5.75 Å². The number of nitrogens with one attached hydrogen (secondary N) is 1. The number of hydrogen-bond acceptors (Lipinski definition) is 4. The van der Waals surface area contributed by atoms with Crippen molar-refractivity contribution < 1.29 is 18.7 Å². The lowest BCUT2D eigenvalue weighted by Crippen LogP contribution is -2.29. The van der Waals surface area contributed by atoms with Gasteiger partial charge in [-0.05, 0) is 56.7 Å². The summed E-state index contributed by atoms with van der Waals surface area (Å²) in [5.74, 6) is 1.31. The van der Waals surface area contributed by atoms with E-state index in [1.807, 2.05) is 19.9 Å². The number of hydrogen-bond donors (Lipinski definition) is 1. The third-order valence-electron chi connectivity index (χ3n) is 3.29. The summed E-state index contributed by atoms with van der Waals surface area (Å²) in [5.41, 5.74) is 0.579. The van der Waals surface area contributed by atoms with Gasteiger partial charge >= 0.3 is 0 Å². The first-order chi connectivity index (χ1) is 11.1. The van der Waals surface area contributed by atoms with Crippen LogP contribution in [-0.2, 0) is 4.74 Å². The fraction of sp³-hybridized carbons (Fsp3) is 0.389. The van der Waals surface area contributed by atoms with E-state index in [0.29, 0.717) is 18.6 Å². The molecule has 124 valence electrons. The highest BCUT2D eigenvalue weighted by Crippen LogP contribution is 2.19. The van der Waals surface area contributed by atoms with E-state index in [2.05, 4.69) is 5.32 Å². The first-order valence-electron chi connectivity index (χ1n) is 7.70. The van der Waals surface area contributed by atoms with Gasteiger partial charge in [0, 0.05) is 19.3 Å². The Morgan fingerprint density at radius 2 is 1.96 bits per heavy atom. The van der Waals surface area contributed by atoms with Crippen molar-refractivity contribution >= 4 is 5.91 Å². The van der Waals surface area contributed by atoms with Gasteiger partial charge in [-0.3, -0.25) is 4.79 Å². The SMILES string of the molecule is COCC[C@H](NC(=O)c1ccc(OC(C)C)cc1)c1ccco1. The highest BCUT2D eigenvalue weighted by Gasteiger charge is 2.18. The minimum Gasteiger partial charge on any atom is -0.491 e. The van der Waals surface area contributed by atoms with Crippen molar-refractivity contribution in [1.82, 2.24) is 5.32 Å². The monoisotopic (exact) mass is 317 g/mol. The molecule has 2 rings (SSSR count). The highest BCUT2D eigenvalue weighted by atomic mass is 16.5. The van der Waals surface area contributed by atoms with Crippen LogP contribution in [0.15, 0.2) is 47.1 Å². The lowest BCUT2D eigenvalue weighted by atomic mass is 10.1. The maximum Gasteiger partial charge on any atom is 0.251 e. The number of benzene rings is 1. The molecule has 0 aliphatic carbocycles. The summed E-state index contributed by atoms with van der Waals surface area (Å²) in [4.78, 5) is 12.4. The van der Waals surface area contributed by atoms with Crippen LogP contribution in [0, 0.1) is 0 Å². The summed E-state index contributed by atoms with van der Waals surface area (Å²) in [5, 5.41) is 2.98. The molecule has 1 atom stereocenters. The normalized spacial score (nSPS) is 12.2. The van der Waals surface area contributed by atoms with Crippen molar-refractivity contribution in [3.63, 3.8) is 0 Å². The zero-order chi connectivity index (χ0) is 16.7. The zero-order valence-electron chi connectivity index (χ0n) is 13.7. The number of carbonyl (C=O) groups is 1. The Morgan fingerprint density at radius 3 is 2.52 bits per heavy atom. The third-order valence-corrected chi connectivity index (χ3v) is 3.29. The minimum atomic E-state index is -0.218. The molecule has 1 aromatic heterocycles. The van der Waals surface area contributed by atoms with Crippen molar-refractivity contribution in [3.05, 3.63) is 54.0 Å². The van der Waals surface area contributed by atoms with E-state index >= 15 is 0 Å². The Morgan fingerprint density at radius 1 is 1.22 bits per heavy atom. The van der Waals surface area contributed by atoms with Crippen LogP contribution in [0.4, 0.5) is 0 Å². The van der Waals surface area contributed by atoms with Crippen molar-refractivity contribution in [3.8, 4) is 5.75 Å². The largest absolute Gasteiger partial charge is 0.491 e. The molecule has 23 heavy (non-hydrogen) atoms. The first-order valence-corrected chi connectivity index (χ1v) is 7.70. The van der Waals surface area contributed by atoms with Crippen LogP contribution >= 0.6 is 0 Å².